The number of carbonyl (C=O) groups excluding carboxylic acids is 4. The van der Waals surface area contributed by atoms with Crippen molar-refractivity contribution < 1.29 is 38.1 Å². The van der Waals surface area contributed by atoms with E-state index in [4.69, 9.17) is 18.9 Å². The maximum Gasteiger partial charge on any atom is 0.511 e. The lowest BCUT2D eigenvalue weighted by Gasteiger charge is -2.59. The third-order valence-corrected chi connectivity index (χ3v) is 17.3. The van der Waals surface area contributed by atoms with E-state index in [1.807, 2.05) is 12.2 Å². The van der Waals surface area contributed by atoms with Crippen LogP contribution in [0.15, 0.2) is 23.3 Å². The minimum atomic E-state index is -0.791. The summed E-state index contributed by atoms with van der Waals surface area (Å²) in [5, 5.41) is 0. The molecule has 0 radical (unpaired) electrons. The Balaban J connectivity index is 0.837. The number of rotatable bonds is 4. The highest BCUT2D eigenvalue weighted by Crippen LogP contribution is 2.68. The minimum absolute atomic E-state index is 0.0957. The quantitative estimate of drug-likeness (QED) is 0.211. The van der Waals surface area contributed by atoms with Gasteiger partial charge in [0.25, 0.3) is 0 Å². The van der Waals surface area contributed by atoms with Crippen LogP contribution in [0.4, 0.5) is 9.59 Å². The van der Waals surface area contributed by atoms with E-state index >= 15 is 0 Å². The van der Waals surface area contributed by atoms with Crippen LogP contribution >= 0.6 is 0 Å². The zero-order valence-electron chi connectivity index (χ0n) is 31.8. The van der Waals surface area contributed by atoms with Gasteiger partial charge in [-0.1, -0.05) is 52.7 Å². The van der Waals surface area contributed by atoms with E-state index in [1.165, 1.54) is 11.1 Å². The molecule has 8 nitrogen and oxygen atoms in total. The summed E-state index contributed by atoms with van der Waals surface area (Å²) in [5.41, 5.74) is 2.67. The molecule has 280 valence electrons. The fourth-order valence-corrected chi connectivity index (χ4v) is 14.5. The van der Waals surface area contributed by atoms with Crippen LogP contribution in [-0.2, 0) is 28.5 Å². The average molecular weight is 705 g/mol. The molecule has 14 atom stereocenters. The number of carbonyl (C=O) groups is 4. The molecule has 0 heterocycles. The lowest BCUT2D eigenvalue weighted by atomic mass is 9.45. The highest BCUT2D eigenvalue weighted by atomic mass is 16.8. The molecular formula is C43H60O8. The van der Waals surface area contributed by atoms with Gasteiger partial charge in [-0.15, -0.1) is 0 Å². The van der Waals surface area contributed by atoms with Crippen molar-refractivity contribution in [1.82, 2.24) is 0 Å². The number of fused-ring (bicyclic) bond motifs is 10. The lowest BCUT2D eigenvalue weighted by molar-refractivity contribution is -0.123. The normalized spacial score (nSPS) is 48.4. The first-order valence-electron chi connectivity index (χ1n) is 20.3. The van der Waals surface area contributed by atoms with E-state index in [0.29, 0.717) is 60.2 Å². The number of ether oxygens (including phenoxy) is 4. The third kappa shape index (κ3) is 5.48. The van der Waals surface area contributed by atoms with Gasteiger partial charge in [-0.3, -0.25) is 9.59 Å². The molecule has 6 saturated carbocycles. The number of hydrogen-bond acceptors (Lipinski definition) is 8. The number of ketones is 2. The molecule has 0 N–H and O–H groups in total. The first kappa shape index (κ1) is 35.4. The summed E-state index contributed by atoms with van der Waals surface area (Å²) < 4.78 is 22.6. The van der Waals surface area contributed by atoms with Crippen molar-refractivity contribution in [2.75, 3.05) is 6.79 Å². The van der Waals surface area contributed by atoms with Crippen molar-refractivity contribution in [1.29, 1.82) is 0 Å². The Morgan fingerprint density at radius 3 is 1.43 bits per heavy atom. The van der Waals surface area contributed by atoms with Crippen LogP contribution in [0.25, 0.3) is 0 Å². The fourth-order valence-electron chi connectivity index (χ4n) is 14.5. The van der Waals surface area contributed by atoms with Crippen molar-refractivity contribution in [3.05, 3.63) is 23.3 Å². The highest BCUT2D eigenvalue weighted by molar-refractivity contribution is 5.92. The first-order valence-corrected chi connectivity index (χ1v) is 20.3. The van der Waals surface area contributed by atoms with Gasteiger partial charge in [-0.05, 0) is 147 Å². The summed E-state index contributed by atoms with van der Waals surface area (Å²) in [6.45, 7) is 13.5. The SMILES string of the molecule is C[C@@H]1CC2=CC(=O)CC[C@]2(C)C2CC[C@@]3(C)C(CC[C@@H]3OC(=O)OCOC(=O)O[C@H]3CCC4C5C(CC[C@@]43C)[C@@]3(C)CCC(=O)C=C3C[C@H]5C)C21. The standard InChI is InChI=1S/C43H60O8/c1-24-19-26-21-28(44)11-15-40(26,3)32-13-17-42(5)30(36(24)32)7-9-34(42)50-38(46)48-23-49-39(47)51-35-10-8-31-37-25(2)20-27-22-29(45)12-16-41(27,4)33(37)14-18-43(31,35)6/h21-22,24-25,30-37H,7-20,23H2,1-6H3/t24-,25-,30?,31?,32?,33?,34+,35+,36?,37?,40+,41+,42+,43+/m1/s1. The molecule has 0 aromatic carbocycles. The monoisotopic (exact) mass is 704 g/mol. The van der Waals surface area contributed by atoms with Gasteiger partial charge in [-0.25, -0.2) is 9.59 Å². The summed E-state index contributed by atoms with van der Waals surface area (Å²) in [7, 11) is 0. The molecule has 6 unspecified atom stereocenters. The Labute approximate surface area is 304 Å². The van der Waals surface area contributed by atoms with Crippen molar-refractivity contribution in [3.8, 4) is 0 Å². The summed E-state index contributed by atoms with van der Waals surface area (Å²) in [4.78, 5) is 50.5. The molecular weight excluding hydrogens is 644 g/mol. The van der Waals surface area contributed by atoms with Gasteiger partial charge in [-0.2, -0.15) is 0 Å². The predicted molar refractivity (Wildman–Crippen MR) is 190 cm³/mol. The first-order chi connectivity index (χ1) is 24.2. The van der Waals surface area contributed by atoms with E-state index in [9.17, 15) is 19.2 Å². The maximum atomic E-state index is 13.0. The second-order valence-electron chi connectivity index (χ2n) is 19.4. The van der Waals surface area contributed by atoms with Crippen molar-refractivity contribution in [2.45, 2.75) is 144 Å². The van der Waals surface area contributed by atoms with Crippen LogP contribution in [0.3, 0.4) is 0 Å². The van der Waals surface area contributed by atoms with Crippen molar-refractivity contribution in [3.63, 3.8) is 0 Å². The molecule has 8 heteroatoms. The molecule has 8 aliphatic rings. The molecule has 0 aliphatic heterocycles. The van der Waals surface area contributed by atoms with Gasteiger partial charge < -0.3 is 18.9 Å². The van der Waals surface area contributed by atoms with Crippen molar-refractivity contribution in [2.24, 2.45) is 69.0 Å². The Morgan fingerprint density at radius 1 is 0.608 bits per heavy atom. The van der Waals surface area contributed by atoms with Crippen LogP contribution < -0.4 is 0 Å². The van der Waals surface area contributed by atoms with Crippen LogP contribution in [0.2, 0.25) is 0 Å². The average Bonchev–Trinajstić information content (AvgIpc) is 3.58. The number of hydrogen-bond donors (Lipinski definition) is 0. The van der Waals surface area contributed by atoms with E-state index in [2.05, 4.69) is 41.5 Å². The Bertz CT molecular complexity index is 1430. The molecule has 0 bridgehead atoms. The molecule has 51 heavy (non-hydrogen) atoms. The molecule has 8 aliphatic carbocycles. The third-order valence-electron chi connectivity index (χ3n) is 17.3. The van der Waals surface area contributed by atoms with Crippen molar-refractivity contribution >= 4 is 23.9 Å². The summed E-state index contributed by atoms with van der Waals surface area (Å²) in [6, 6.07) is 0. The Hall–Kier alpha value is -2.64. The summed E-state index contributed by atoms with van der Waals surface area (Å²) in [6.07, 6.45) is 14.8. The van der Waals surface area contributed by atoms with Crippen LogP contribution in [0.1, 0.15) is 131 Å². The topological polar surface area (TPSA) is 105 Å². The van der Waals surface area contributed by atoms with E-state index in [0.717, 1.165) is 77.0 Å². The molecule has 0 aromatic heterocycles. The van der Waals surface area contributed by atoms with Crippen LogP contribution in [-0.4, -0.2) is 42.9 Å². The van der Waals surface area contributed by atoms with Gasteiger partial charge in [0.05, 0.1) is 0 Å². The molecule has 8 rings (SSSR count). The van der Waals surface area contributed by atoms with Gasteiger partial charge in [0.1, 0.15) is 12.2 Å². The molecule has 0 amide bonds. The zero-order chi connectivity index (χ0) is 36.1. The van der Waals surface area contributed by atoms with Gasteiger partial charge in [0.15, 0.2) is 11.6 Å². The van der Waals surface area contributed by atoms with E-state index in [1.54, 1.807) is 0 Å². The Kier molecular flexibility index (Phi) is 8.65. The fraction of sp³-hybridized carbons (Fsp3) is 0.814. The van der Waals surface area contributed by atoms with E-state index in [-0.39, 0.29) is 45.4 Å². The second kappa shape index (κ2) is 12.5. The zero-order valence-corrected chi connectivity index (χ0v) is 31.8. The molecule has 0 saturated heterocycles. The van der Waals surface area contributed by atoms with Crippen LogP contribution in [0.5, 0.6) is 0 Å². The Morgan fingerprint density at radius 2 is 1.02 bits per heavy atom. The maximum absolute atomic E-state index is 13.0. The molecule has 0 aromatic rings. The lowest BCUT2D eigenvalue weighted by Crippen LogP contribution is -2.54. The van der Waals surface area contributed by atoms with Gasteiger partial charge in [0.2, 0.25) is 6.79 Å². The predicted octanol–water partition coefficient (Wildman–Crippen LogP) is 9.54. The summed E-state index contributed by atoms with van der Waals surface area (Å²) in [5.74, 6) is 4.67. The highest BCUT2D eigenvalue weighted by Gasteiger charge is 2.63. The number of allylic oxidation sites excluding steroid dienone is 2. The minimum Gasteiger partial charge on any atom is -0.430 e. The summed E-state index contributed by atoms with van der Waals surface area (Å²) >= 11 is 0. The van der Waals surface area contributed by atoms with Gasteiger partial charge >= 0.3 is 12.3 Å². The van der Waals surface area contributed by atoms with E-state index < -0.39 is 19.1 Å². The largest absolute Gasteiger partial charge is 0.511 e. The van der Waals surface area contributed by atoms with Gasteiger partial charge in [0, 0.05) is 23.7 Å². The molecule has 6 fully saturated rings. The second-order valence-corrected chi connectivity index (χ2v) is 19.4. The van der Waals surface area contributed by atoms with Crippen LogP contribution in [0, 0.1) is 69.0 Å². The molecule has 0 spiro atoms. The smallest absolute Gasteiger partial charge is 0.430 e.